The smallest absolute Gasteiger partial charge is 0.374 e. The molecule has 3 aromatic rings. The molecule has 0 N–H and O–H groups in total. The number of hydrogen-bond acceptors (Lipinski definition) is 6. The quantitative estimate of drug-likeness (QED) is 0.494. The molecule has 1 fully saturated rings. The normalized spacial score (nSPS) is 13.8. The number of carbonyl (C=O) groups is 1. The molecular formula is C18H17N3O3S. The van der Waals surface area contributed by atoms with Crippen molar-refractivity contribution >= 4 is 17.7 Å². The molecule has 7 heteroatoms. The second kappa shape index (κ2) is 6.76. The lowest BCUT2D eigenvalue weighted by atomic mass is 10.3. The summed E-state index contributed by atoms with van der Waals surface area (Å²) in [5.74, 6) is 1.82. The maximum Gasteiger partial charge on any atom is 0.374 e. The number of aromatic nitrogens is 3. The van der Waals surface area contributed by atoms with Crippen LogP contribution < -0.4 is 0 Å². The van der Waals surface area contributed by atoms with Gasteiger partial charge in [0.25, 0.3) is 0 Å². The molecule has 0 atom stereocenters. The number of hydrogen-bond donors (Lipinski definition) is 0. The van der Waals surface area contributed by atoms with Gasteiger partial charge in [-0.25, -0.2) is 4.79 Å². The third kappa shape index (κ3) is 3.19. The summed E-state index contributed by atoms with van der Waals surface area (Å²) in [4.78, 5) is 11.7. The Bertz CT molecular complexity index is 884. The number of nitrogens with zero attached hydrogens (tertiary/aromatic N) is 3. The molecule has 1 saturated carbocycles. The van der Waals surface area contributed by atoms with Gasteiger partial charge in [0, 0.05) is 22.9 Å². The topological polar surface area (TPSA) is 70.2 Å². The molecule has 128 valence electrons. The van der Waals surface area contributed by atoms with Crippen LogP contribution in [0.2, 0.25) is 0 Å². The summed E-state index contributed by atoms with van der Waals surface area (Å²) in [5.41, 5.74) is 1.84. The van der Waals surface area contributed by atoms with Gasteiger partial charge in [0.15, 0.2) is 5.16 Å². The van der Waals surface area contributed by atoms with E-state index in [0.717, 1.165) is 35.1 Å². The van der Waals surface area contributed by atoms with Gasteiger partial charge < -0.3 is 9.15 Å². The molecule has 0 bridgehead atoms. The molecule has 0 saturated heterocycles. The maximum atomic E-state index is 11.7. The Morgan fingerprint density at radius 2 is 2.08 bits per heavy atom. The fraction of sp³-hybridized carbons (Fsp3) is 0.278. The van der Waals surface area contributed by atoms with Crippen molar-refractivity contribution in [2.24, 2.45) is 0 Å². The minimum absolute atomic E-state index is 0.239. The molecule has 0 spiro atoms. The first kappa shape index (κ1) is 16.0. The maximum absolute atomic E-state index is 11.7. The Morgan fingerprint density at radius 1 is 1.28 bits per heavy atom. The fourth-order valence-electron chi connectivity index (χ4n) is 2.66. The van der Waals surface area contributed by atoms with Crippen LogP contribution in [0, 0.1) is 0 Å². The lowest BCUT2D eigenvalue weighted by Crippen LogP contribution is -2.03. The predicted octanol–water partition coefficient (Wildman–Crippen LogP) is 3.82. The highest BCUT2D eigenvalue weighted by Crippen LogP contribution is 2.41. The van der Waals surface area contributed by atoms with Crippen LogP contribution in [0.15, 0.2) is 52.2 Å². The predicted molar refractivity (Wildman–Crippen MR) is 92.9 cm³/mol. The van der Waals surface area contributed by atoms with E-state index >= 15 is 0 Å². The fourth-order valence-corrected chi connectivity index (χ4v) is 3.60. The largest absolute Gasteiger partial charge is 0.463 e. The van der Waals surface area contributed by atoms with Gasteiger partial charge in [0.1, 0.15) is 5.82 Å². The number of methoxy groups -OCH3 is 1. The van der Waals surface area contributed by atoms with Crippen LogP contribution in [-0.2, 0) is 10.5 Å². The Morgan fingerprint density at radius 3 is 2.80 bits per heavy atom. The number of ether oxygens (including phenoxy) is 1. The highest BCUT2D eigenvalue weighted by atomic mass is 32.2. The second-order valence-corrected chi connectivity index (χ2v) is 6.78. The van der Waals surface area contributed by atoms with E-state index in [2.05, 4.69) is 26.9 Å². The van der Waals surface area contributed by atoms with Crippen molar-refractivity contribution in [1.29, 1.82) is 0 Å². The molecular weight excluding hydrogens is 338 g/mol. The highest BCUT2D eigenvalue weighted by Gasteiger charge is 2.31. The minimum Gasteiger partial charge on any atom is -0.463 e. The molecule has 0 amide bonds. The zero-order valence-electron chi connectivity index (χ0n) is 13.7. The first-order valence-electron chi connectivity index (χ1n) is 8.06. The number of esters is 1. The van der Waals surface area contributed by atoms with Gasteiger partial charge in [-0.3, -0.25) is 4.57 Å². The molecule has 4 rings (SSSR count). The third-order valence-electron chi connectivity index (χ3n) is 4.09. The monoisotopic (exact) mass is 355 g/mol. The standard InChI is InChI=1S/C18H17N3O3S/c1-23-17(22)15-13(9-10-24-15)11-25-18-20-19-16(12-7-8-12)21(18)14-5-3-2-4-6-14/h2-6,9-10,12H,7-8,11H2,1H3. The van der Waals surface area contributed by atoms with E-state index in [-0.39, 0.29) is 5.76 Å². The molecule has 1 aliphatic rings. The van der Waals surface area contributed by atoms with Crippen molar-refractivity contribution in [3.8, 4) is 5.69 Å². The van der Waals surface area contributed by atoms with Crippen molar-refractivity contribution in [3.05, 3.63) is 59.8 Å². The SMILES string of the molecule is COC(=O)c1occc1CSc1nnc(C2CC2)n1-c1ccccc1. The Hall–Kier alpha value is -2.54. The van der Waals surface area contributed by atoms with Crippen LogP contribution in [0.4, 0.5) is 0 Å². The van der Waals surface area contributed by atoms with Gasteiger partial charge >= 0.3 is 5.97 Å². The molecule has 0 aliphatic heterocycles. The molecule has 2 aromatic heterocycles. The minimum atomic E-state index is -0.469. The van der Waals surface area contributed by atoms with Crippen molar-refractivity contribution in [2.75, 3.05) is 7.11 Å². The van der Waals surface area contributed by atoms with E-state index < -0.39 is 5.97 Å². The van der Waals surface area contributed by atoms with Gasteiger partial charge in [0.05, 0.1) is 13.4 Å². The van der Waals surface area contributed by atoms with Crippen LogP contribution in [-0.4, -0.2) is 27.8 Å². The molecule has 6 nitrogen and oxygen atoms in total. The second-order valence-electron chi connectivity index (χ2n) is 5.84. The number of thioether (sulfide) groups is 1. The van der Waals surface area contributed by atoms with Gasteiger partial charge in [-0.2, -0.15) is 0 Å². The Balaban J connectivity index is 1.61. The van der Waals surface area contributed by atoms with Crippen LogP contribution in [0.5, 0.6) is 0 Å². The van der Waals surface area contributed by atoms with Gasteiger partial charge in [-0.15, -0.1) is 10.2 Å². The van der Waals surface area contributed by atoms with Crippen molar-refractivity contribution in [3.63, 3.8) is 0 Å². The lowest BCUT2D eigenvalue weighted by molar-refractivity contribution is 0.0564. The Kier molecular flexibility index (Phi) is 4.31. The summed E-state index contributed by atoms with van der Waals surface area (Å²) in [6, 6.07) is 11.9. The zero-order valence-corrected chi connectivity index (χ0v) is 14.5. The van der Waals surface area contributed by atoms with Crippen LogP contribution in [0.3, 0.4) is 0 Å². The van der Waals surface area contributed by atoms with Crippen molar-refractivity contribution < 1.29 is 13.9 Å². The Labute approximate surface area is 149 Å². The molecule has 2 heterocycles. The first-order chi connectivity index (χ1) is 12.3. The van der Waals surface area contributed by atoms with Crippen LogP contribution >= 0.6 is 11.8 Å². The summed E-state index contributed by atoms with van der Waals surface area (Å²) in [7, 11) is 1.34. The van der Waals surface area contributed by atoms with E-state index in [1.165, 1.54) is 25.1 Å². The average Bonchev–Trinajstić information content (AvgIpc) is 3.24. The summed E-state index contributed by atoms with van der Waals surface area (Å²) in [5, 5.41) is 9.59. The molecule has 0 unspecified atom stereocenters. The molecule has 0 radical (unpaired) electrons. The lowest BCUT2D eigenvalue weighted by Gasteiger charge is -2.09. The summed E-state index contributed by atoms with van der Waals surface area (Å²) in [6.45, 7) is 0. The van der Waals surface area contributed by atoms with E-state index in [1.807, 2.05) is 18.2 Å². The van der Waals surface area contributed by atoms with Crippen molar-refractivity contribution in [2.45, 2.75) is 29.7 Å². The molecule has 1 aromatic carbocycles. The van der Waals surface area contributed by atoms with Crippen LogP contribution in [0.25, 0.3) is 5.69 Å². The number of furan rings is 1. The van der Waals surface area contributed by atoms with Gasteiger partial charge in [-0.05, 0) is 31.0 Å². The van der Waals surface area contributed by atoms with E-state index in [9.17, 15) is 4.79 Å². The van der Waals surface area contributed by atoms with Gasteiger partial charge in [0.2, 0.25) is 5.76 Å². The van der Waals surface area contributed by atoms with E-state index in [4.69, 9.17) is 9.15 Å². The molecule has 1 aliphatic carbocycles. The average molecular weight is 355 g/mol. The van der Waals surface area contributed by atoms with Crippen LogP contribution in [0.1, 0.15) is 40.7 Å². The molecule has 25 heavy (non-hydrogen) atoms. The summed E-state index contributed by atoms with van der Waals surface area (Å²) < 4.78 is 12.1. The number of carbonyl (C=O) groups excluding carboxylic acids is 1. The van der Waals surface area contributed by atoms with Crippen molar-refractivity contribution in [1.82, 2.24) is 14.8 Å². The number of para-hydroxylation sites is 1. The van der Waals surface area contributed by atoms with E-state index in [1.54, 1.807) is 6.07 Å². The highest BCUT2D eigenvalue weighted by molar-refractivity contribution is 7.98. The summed E-state index contributed by atoms with van der Waals surface area (Å²) >= 11 is 1.53. The third-order valence-corrected chi connectivity index (χ3v) is 5.07. The summed E-state index contributed by atoms with van der Waals surface area (Å²) in [6.07, 6.45) is 3.81. The van der Waals surface area contributed by atoms with E-state index in [0.29, 0.717) is 11.7 Å². The first-order valence-corrected chi connectivity index (χ1v) is 9.04. The van der Waals surface area contributed by atoms with Gasteiger partial charge in [-0.1, -0.05) is 30.0 Å². The zero-order chi connectivity index (χ0) is 17.2. The number of rotatable bonds is 6. The number of benzene rings is 1.